The SMILES string of the molecule is C.C.CC(=O)NN.CNc1cc(Cl)nc(Cl)n1.CNc1cc(Cl)nc(Cl)n1.CNc1cc(Cl)nc(NCc2ccc(OC)cc2OC)n1.COc1ccc(CN)c(OC)c1.COc1ccc(CNc2nc(Cl)cc(C(=O)OC(C)(C)C)n2)c(OC)c1.COc1ccc(CNc2nc(Cl)cc(NN)n2)c(OC)c1.Clc1cc(Cl)nc(Cl)n1.N=N. The van der Waals surface area contributed by atoms with Crippen LogP contribution < -0.4 is 98.1 Å². The third-order valence-electron chi connectivity index (χ3n) is 13.3. The zero-order valence-electron chi connectivity index (χ0n) is 65.1. The summed E-state index contributed by atoms with van der Waals surface area (Å²) >= 11 is 56.1. The van der Waals surface area contributed by atoms with Crippen molar-refractivity contribution in [2.75, 3.05) is 115 Å². The Balaban J connectivity index is 0.00000137. The molecule has 0 aliphatic rings. The summed E-state index contributed by atoms with van der Waals surface area (Å²) in [4.78, 5) is 68.7. The summed E-state index contributed by atoms with van der Waals surface area (Å²) in [7, 11) is 18.1. The maximum atomic E-state index is 12.2. The quantitative estimate of drug-likeness (QED) is 0.00538. The molecule has 0 bridgehead atoms. The molecule has 4 aromatic carbocycles. The van der Waals surface area contributed by atoms with E-state index in [2.05, 4.69) is 103 Å². The number of methoxy groups -OCH3 is 8. The molecular formula is C72H95Cl10N25O11. The van der Waals surface area contributed by atoms with Gasteiger partial charge in [0.25, 0.3) is 0 Å². The number of esters is 1. The van der Waals surface area contributed by atoms with Crippen LogP contribution in [0.15, 0.2) is 109 Å². The number of nitrogens with zero attached hydrogens (tertiary/aromatic N) is 12. The molecule has 0 aliphatic heterocycles. The number of hydrogen-bond acceptors (Lipinski definition) is 35. The van der Waals surface area contributed by atoms with E-state index in [1.54, 1.807) is 123 Å². The average Bonchev–Trinajstić information content (AvgIpc) is 0.855. The molecule has 0 aliphatic carbocycles. The number of amides is 1. The Morgan fingerprint density at radius 3 is 0.932 bits per heavy atom. The number of nitrogens with one attached hydrogen (secondary N) is 10. The number of nitrogens with two attached hydrogens (primary N) is 3. The molecule has 46 heteroatoms. The largest absolute Gasteiger partial charge is 0.497 e. The van der Waals surface area contributed by atoms with E-state index in [1.165, 1.54) is 25.1 Å². The maximum Gasteiger partial charge on any atom is 0.357 e. The molecule has 16 N–H and O–H groups in total. The van der Waals surface area contributed by atoms with Gasteiger partial charge in [-0.05, 0) is 98.0 Å². The van der Waals surface area contributed by atoms with Gasteiger partial charge in [0.05, 0.1) is 56.9 Å². The zero-order chi connectivity index (χ0) is 87.0. The van der Waals surface area contributed by atoms with Gasteiger partial charge >= 0.3 is 5.97 Å². The molecular weight excluding hydrogens is 1750 g/mol. The molecule has 0 spiro atoms. The van der Waals surface area contributed by atoms with Gasteiger partial charge in [0, 0.05) is 137 Å². The van der Waals surface area contributed by atoms with Crippen LogP contribution in [0.3, 0.4) is 0 Å². The zero-order valence-corrected chi connectivity index (χ0v) is 72.6. The number of halogens is 10. The molecule has 10 rings (SSSR count). The molecule has 0 unspecified atom stereocenters. The summed E-state index contributed by atoms with van der Waals surface area (Å²) in [6, 6.07) is 31.4. The van der Waals surface area contributed by atoms with E-state index < -0.39 is 11.6 Å². The Labute approximate surface area is 734 Å². The number of ether oxygens (including phenoxy) is 9. The number of nitrogen functional groups attached to an aromatic ring is 1. The van der Waals surface area contributed by atoms with Crippen LogP contribution in [0.5, 0.6) is 46.0 Å². The molecule has 0 saturated carbocycles. The standard InChI is InChI=1S/C18H22ClN3O4.C14H17ClN4O2.C13H16ClN5O2.C9H13NO2.2C5H5Cl2N3.C4HCl3N2.C2H6N2O.2CH4.H2N2/c1-18(2,3)26-16(23)13-9-15(19)22-17(21-13)20-10-11-6-7-12(24-4)8-14(11)25-5;1-16-13-7-12(15)18-14(19-13)17-8-9-4-5-10(20-2)6-11(9)21-3;1-20-9-4-3-8(10(5-9)21-2)7-16-13-17-11(14)6-12(18-13)19-15;1-11-8-4-3-7(6-10)9(5-8)12-2;2*1-8-4-2-3(6)9-5(7)10-4;5-2-1-3(6)9-4(7)8-2;1-2(5)4-3;;;1-2/h6-9H,10H2,1-5H3,(H,20,21,22);4-7H,8H2,1-3H3,(H2,16,17,18,19);3-6H,7,15H2,1-2H3,(H2,16,17,18,19);3-5H,6,10H2,1-2H3;2*2H,1H3,(H,8,9,10);1H;3H2,1H3,(H,4,5);2*1H4;1-2H. The summed E-state index contributed by atoms with van der Waals surface area (Å²) in [5.74, 6) is 18.3. The van der Waals surface area contributed by atoms with Crippen molar-refractivity contribution >= 4 is 169 Å². The van der Waals surface area contributed by atoms with Crippen LogP contribution in [0.1, 0.15) is 75.3 Å². The van der Waals surface area contributed by atoms with Crippen molar-refractivity contribution in [3.63, 3.8) is 0 Å². The van der Waals surface area contributed by atoms with Crippen LogP contribution in [0.25, 0.3) is 0 Å². The van der Waals surface area contributed by atoms with Crippen LogP contribution in [0, 0.1) is 11.1 Å². The highest BCUT2D eigenvalue weighted by atomic mass is 35.5. The minimum Gasteiger partial charge on any atom is -0.497 e. The fourth-order valence-corrected chi connectivity index (χ4v) is 10.1. The molecule has 0 fully saturated rings. The first-order chi connectivity index (χ1) is 55.2. The lowest BCUT2D eigenvalue weighted by atomic mass is 10.2. The number of aromatic nitrogens is 12. The van der Waals surface area contributed by atoms with Crippen molar-refractivity contribution in [3.8, 4) is 46.0 Å². The molecule has 1 amide bonds. The van der Waals surface area contributed by atoms with E-state index in [0.717, 1.165) is 51.0 Å². The van der Waals surface area contributed by atoms with E-state index in [0.29, 0.717) is 99.2 Å². The van der Waals surface area contributed by atoms with Gasteiger partial charge in [-0.3, -0.25) is 10.2 Å². The third-order valence-corrected chi connectivity index (χ3v) is 15.2. The maximum absolute atomic E-state index is 12.2. The number of carbonyl (C=O) groups excluding carboxylic acids is 2. The van der Waals surface area contributed by atoms with Crippen molar-refractivity contribution in [2.24, 2.45) is 17.4 Å². The Hall–Kier alpha value is -10.3. The predicted molar refractivity (Wildman–Crippen MR) is 469 cm³/mol. The molecule has 6 aromatic heterocycles. The first-order valence-electron chi connectivity index (χ1n) is 32.8. The second-order valence-electron chi connectivity index (χ2n) is 22.2. The van der Waals surface area contributed by atoms with Gasteiger partial charge in [-0.25, -0.2) is 77.4 Å². The summed E-state index contributed by atoms with van der Waals surface area (Å²) < 4.78 is 47.0. The molecule has 36 nitrogen and oxygen atoms in total. The third kappa shape index (κ3) is 42.2. The average molecular weight is 1840 g/mol. The first-order valence-corrected chi connectivity index (χ1v) is 36.6. The number of hydrazine groups is 2. The van der Waals surface area contributed by atoms with Gasteiger partial charge in [0.2, 0.25) is 39.6 Å². The minimum atomic E-state index is -0.626. The van der Waals surface area contributed by atoms with Gasteiger partial charge in [-0.15, -0.1) is 0 Å². The molecule has 118 heavy (non-hydrogen) atoms. The van der Waals surface area contributed by atoms with Crippen LogP contribution in [-0.4, -0.2) is 155 Å². The van der Waals surface area contributed by atoms with Gasteiger partial charge < -0.3 is 85.7 Å². The van der Waals surface area contributed by atoms with E-state index >= 15 is 0 Å². The van der Waals surface area contributed by atoms with E-state index in [1.807, 2.05) is 72.2 Å². The monoisotopic (exact) mass is 1840 g/mol. The van der Waals surface area contributed by atoms with Crippen LogP contribution in [-0.2, 0) is 35.7 Å². The van der Waals surface area contributed by atoms with E-state index in [9.17, 15) is 9.59 Å². The lowest BCUT2D eigenvalue weighted by molar-refractivity contribution is -0.119. The highest BCUT2D eigenvalue weighted by molar-refractivity contribution is 6.35. The molecule has 0 saturated heterocycles. The van der Waals surface area contributed by atoms with Crippen molar-refractivity contribution in [1.29, 1.82) is 11.1 Å². The topological polar surface area (TPSA) is 494 Å². The molecule has 6 heterocycles. The van der Waals surface area contributed by atoms with Crippen LogP contribution in [0.4, 0.5) is 41.1 Å². The second-order valence-corrected chi connectivity index (χ2v) is 26.0. The van der Waals surface area contributed by atoms with Crippen molar-refractivity contribution in [2.45, 2.75) is 74.3 Å². The number of hydrogen-bond donors (Lipinski definition) is 13. The highest BCUT2D eigenvalue weighted by Gasteiger charge is 2.21. The molecule has 644 valence electrons. The molecule has 10 aromatic rings. The Bertz CT molecular complexity index is 4430. The summed E-state index contributed by atoms with van der Waals surface area (Å²) in [6.45, 7) is 8.52. The number of anilines is 7. The van der Waals surface area contributed by atoms with Gasteiger partial charge in [-0.1, -0.05) is 102 Å². The number of rotatable bonds is 23. The van der Waals surface area contributed by atoms with Crippen molar-refractivity contribution in [1.82, 2.24) is 65.2 Å². The van der Waals surface area contributed by atoms with Crippen LogP contribution >= 0.6 is 116 Å². The van der Waals surface area contributed by atoms with Gasteiger partial charge in [0.15, 0.2) is 5.69 Å². The first kappa shape index (κ1) is 108. The fraction of sp³-hybridized carbons (Fsp3) is 0.306. The smallest absolute Gasteiger partial charge is 0.357 e. The van der Waals surface area contributed by atoms with Crippen molar-refractivity contribution in [3.05, 3.63) is 189 Å². The van der Waals surface area contributed by atoms with Gasteiger partial charge in [0.1, 0.15) is 111 Å². The second kappa shape index (κ2) is 58.5. The normalized spacial score (nSPS) is 9.66. The lowest BCUT2D eigenvalue weighted by Gasteiger charge is -2.19. The summed E-state index contributed by atoms with van der Waals surface area (Å²) in [6.07, 6.45) is 0. The molecule has 0 atom stereocenters. The summed E-state index contributed by atoms with van der Waals surface area (Å²) in [5, 5.41) is 20.1. The fourth-order valence-electron chi connectivity index (χ4n) is 8.06. The highest BCUT2D eigenvalue weighted by Crippen LogP contribution is 2.30. The predicted octanol–water partition coefficient (Wildman–Crippen LogP) is 16.7. The number of carbonyl (C=O) groups is 2. The Morgan fingerprint density at radius 1 is 0.381 bits per heavy atom. The Morgan fingerprint density at radius 2 is 0.653 bits per heavy atom. The van der Waals surface area contributed by atoms with Crippen LogP contribution in [0.2, 0.25) is 51.9 Å². The van der Waals surface area contributed by atoms with Gasteiger partial charge in [-0.2, -0.15) is 9.97 Å². The van der Waals surface area contributed by atoms with E-state index in [4.69, 9.17) is 181 Å². The molecule has 0 radical (unpaired) electrons. The van der Waals surface area contributed by atoms with E-state index in [-0.39, 0.29) is 63.7 Å². The van der Waals surface area contributed by atoms with Crippen molar-refractivity contribution < 1.29 is 52.2 Å². The summed E-state index contributed by atoms with van der Waals surface area (Å²) in [5.41, 5.74) is 23.0. The lowest BCUT2D eigenvalue weighted by Crippen LogP contribution is -2.26. The number of benzene rings is 4. The minimum absolute atomic E-state index is 0. The Kier molecular flexibility index (Phi) is 53.4.